The molecular weight excluding hydrogens is 164 g/mol. The highest BCUT2D eigenvalue weighted by Crippen LogP contribution is 2.28. The first-order valence-electron chi connectivity index (χ1n) is 3.93. The van der Waals surface area contributed by atoms with Crippen LogP contribution in [0.2, 0.25) is 0 Å². The molecule has 0 aliphatic rings. The quantitative estimate of drug-likeness (QED) is 0.616. The average molecular weight is 174 g/mol. The van der Waals surface area contributed by atoms with E-state index in [4.69, 9.17) is 0 Å². The second-order valence-electron chi connectivity index (χ2n) is 2.84. The van der Waals surface area contributed by atoms with Crippen molar-refractivity contribution in [1.82, 2.24) is 0 Å². The summed E-state index contributed by atoms with van der Waals surface area (Å²) in [6, 6.07) is 8.59. The van der Waals surface area contributed by atoms with Gasteiger partial charge < -0.3 is 0 Å². The molecule has 0 saturated carbocycles. The van der Waals surface area contributed by atoms with Gasteiger partial charge in [0.15, 0.2) is 0 Å². The van der Waals surface area contributed by atoms with Crippen LogP contribution in [-0.4, -0.2) is 0 Å². The van der Waals surface area contributed by atoms with E-state index < -0.39 is 0 Å². The van der Waals surface area contributed by atoms with Crippen LogP contribution in [0.3, 0.4) is 0 Å². The van der Waals surface area contributed by atoms with Gasteiger partial charge in [0.2, 0.25) is 0 Å². The molecule has 1 heterocycles. The Labute approximate surface area is 76.2 Å². The van der Waals surface area contributed by atoms with E-state index in [1.165, 1.54) is 20.5 Å². The molecule has 0 saturated heterocycles. The molecule has 0 spiro atoms. The minimum Gasteiger partial charge on any atom is -0.136 e. The summed E-state index contributed by atoms with van der Waals surface area (Å²) in [4.78, 5) is 1.25. The van der Waals surface area contributed by atoms with Gasteiger partial charge in [0.05, 0.1) is 0 Å². The Morgan fingerprint density at radius 1 is 1.42 bits per heavy atom. The van der Waals surface area contributed by atoms with Crippen molar-refractivity contribution >= 4 is 27.5 Å². The first-order chi connectivity index (χ1) is 5.81. The summed E-state index contributed by atoms with van der Waals surface area (Å²) in [6.45, 7) is 5.91. The lowest BCUT2D eigenvalue weighted by Crippen LogP contribution is -1.69. The van der Waals surface area contributed by atoms with Crippen molar-refractivity contribution in [2.45, 2.75) is 6.92 Å². The first kappa shape index (κ1) is 7.56. The molecule has 0 aliphatic carbocycles. The third-order valence-electron chi connectivity index (χ3n) is 2.00. The van der Waals surface area contributed by atoms with Crippen LogP contribution >= 0.6 is 11.3 Å². The highest BCUT2D eigenvalue weighted by Gasteiger charge is 1.99. The molecule has 2 aromatic rings. The molecule has 0 radical (unpaired) electrons. The fourth-order valence-corrected chi connectivity index (χ4v) is 2.32. The molecule has 0 fully saturated rings. The summed E-state index contributed by atoms with van der Waals surface area (Å²) in [5, 5.41) is 1.36. The first-order valence-corrected chi connectivity index (χ1v) is 4.74. The predicted octanol–water partition coefficient (Wildman–Crippen LogP) is 3.85. The summed E-state index contributed by atoms with van der Waals surface area (Å²) in [6.07, 6.45) is 1.91. The maximum atomic E-state index is 3.77. The molecule has 0 N–H and O–H groups in total. The Morgan fingerprint density at radius 3 is 2.92 bits per heavy atom. The van der Waals surface area contributed by atoms with Crippen LogP contribution in [0.25, 0.3) is 16.2 Å². The molecule has 1 aromatic heterocycles. The standard InChI is InChI=1S/C11H10S/c1-3-9-7-10-8(2)5-4-6-11(10)12-9/h3-7H,1H2,2H3. The van der Waals surface area contributed by atoms with E-state index in [9.17, 15) is 0 Å². The zero-order chi connectivity index (χ0) is 8.55. The fraction of sp³-hybridized carbons (Fsp3) is 0.0909. The number of hydrogen-bond acceptors (Lipinski definition) is 1. The van der Waals surface area contributed by atoms with Gasteiger partial charge in [-0.05, 0) is 30.0 Å². The van der Waals surface area contributed by atoms with Crippen molar-refractivity contribution in [3.8, 4) is 0 Å². The highest BCUT2D eigenvalue weighted by molar-refractivity contribution is 7.19. The summed E-state index contributed by atoms with van der Waals surface area (Å²) < 4.78 is 1.35. The van der Waals surface area contributed by atoms with E-state index >= 15 is 0 Å². The van der Waals surface area contributed by atoms with Gasteiger partial charge in [0.1, 0.15) is 0 Å². The normalized spacial score (nSPS) is 10.4. The van der Waals surface area contributed by atoms with E-state index in [2.05, 4.69) is 37.8 Å². The monoisotopic (exact) mass is 174 g/mol. The van der Waals surface area contributed by atoms with Crippen LogP contribution in [0.5, 0.6) is 0 Å². The van der Waals surface area contributed by atoms with Crippen molar-refractivity contribution in [2.24, 2.45) is 0 Å². The van der Waals surface area contributed by atoms with E-state index in [1.807, 2.05) is 6.08 Å². The zero-order valence-electron chi connectivity index (χ0n) is 7.00. The van der Waals surface area contributed by atoms with Gasteiger partial charge in [-0.1, -0.05) is 24.8 Å². The number of fused-ring (bicyclic) bond motifs is 1. The number of benzene rings is 1. The molecule has 0 amide bonds. The molecule has 0 unspecified atom stereocenters. The number of thiophene rings is 1. The minimum absolute atomic E-state index is 1.25. The number of aryl methyl sites for hydroxylation is 1. The van der Waals surface area contributed by atoms with Gasteiger partial charge in [0, 0.05) is 9.58 Å². The van der Waals surface area contributed by atoms with Crippen LogP contribution < -0.4 is 0 Å². The van der Waals surface area contributed by atoms with Crippen LogP contribution in [-0.2, 0) is 0 Å². The van der Waals surface area contributed by atoms with Crippen LogP contribution in [0.1, 0.15) is 10.4 Å². The van der Waals surface area contributed by atoms with Gasteiger partial charge >= 0.3 is 0 Å². The van der Waals surface area contributed by atoms with Crippen molar-refractivity contribution in [1.29, 1.82) is 0 Å². The van der Waals surface area contributed by atoms with Crippen molar-refractivity contribution < 1.29 is 0 Å². The lowest BCUT2D eigenvalue weighted by molar-refractivity contribution is 1.55. The topological polar surface area (TPSA) is 0 Å². The lowest BCUT2D eigenvalue weighted by atomic mass is 10.1. The summed E-state index contributed by atoms with van der Waals surface area (Å²) in [7, 11) is 0. The zero-order valence-corrected chi connectivity index (χ0v) is 7.82. The smallest absolute Gasteiger partial charge is 0.0351 e. The molecule has 0 bridgehead atoms. The van der Waals surface area contributed by atoms with E-state index in [-0.39, 0.29) is 0 Å². The minimum atomic E-state index is 1.25. The summed E-state index contributed by atoms with van der Waals surface area (Å²) >= 11 is 1.79. The summed E-state index contributed by atoms with van der Waals surface area (Å²) in [5.74, 6) is 0. The predicted molar refractivity (Wildman–Crippen MR) is 56.7 cm³/mol. The highest BCUT2D eigenvalue weighted by atomic mass is 32.1. The van der Waals surface area contributed by atoms with E-state index in [0.29, 0.717) is 0 Å². The molecule has 0 aliphatic heterocycles. The third kappa shape index (κ3) is 1.07. The van der Waals surface area contributed by atoms with E-state index in [1.54, 1.807) is 11.3 Å². The second-order valence-corrected chi connectivity index (χ2v) is 3.95. The molecular formula is C11H10S. The molecule has 0 nitrogen and oxygen atoms in total. The fourth-order valence-electron chi connectivity index (χ4n) is 1.33. The molecule has 0 atom stereocenters. The van der Waals surface area contributed by atoms with Gasteiger partial charge in [-0.3, -0.25) is 0 Å². The largest absolute Gasteiger partial charge is 0.136 e. The number of hydrogen-bond donors (Lipinski definition) is 0. The molecule has 1 heteroatoms. The van der Waals surface area contributed by atoms with Crippen LogP contribution in [0, 0.1) is 6.92 Å². The Hall–Kier alpha value is -1.08. The van der Waals surface area contributed by atoms with Gasteiger partial charge in [-0.25, -0.2) is 0 Å². The molecule has 60 valence electrons. The Bertz CT molecular complexity index is 423. The van der Waals surface area contributed by atoms with E-state index in [0.717, 1.165) is 0 Å². The van der Waals surface area contributed by atoms with Gasteiger partial charge in [-0.15, -0.1) is 11.3 Å². The summed E-state index contributed by atoms with van der Waals surface area (Å²) in [5.41, 5.74) is 1.34. The Kier molecular flexibility index (Phi) is 1.74. The molecule has 1 aromatic carbocycles. The van der Waals surface area contributed by atoms with Gasteiger partial charge in [0.25, 0.3) is 0 Å². The Balaban J connectivity index is 2.82. The average Bonchev–Trinajstić information content (AvgIpc) is 2.49. The molecule has 12 heavy (non-hydrogen) atoms. The second kappa shape index (κ2) is 2.76. The lowest BCUT2D eigenvalue weighted by Gasteiger charge is -1.91. The van der Waals surface area contributed by atoms with Crippen molar-refractivity contribution in [3.05, 3.63) is 41.3 Å². The number of rotatable bonds is 1. The van der Waals surface area contributed by atoms with Crippen LogP contribution in [0.15, 0.2) is 30.8 Å². The third-order valence-corrected chi connectivity index (χ3v) is 3.10. The van der Waals surface area contributed by atoms with Crippen molar-refractivity contribution in [2.75, 3.05) is 0 Å². The SMILES string of the molecule is C=Cc1cc2c(C)cccc2s1. The molecule has 2 rings (SSSR count). The Morgan fingerprint density at radius 2 is 2.25 bits per heavy atom. The maximum Gasteiger partial charge on any atom is 0.0351 e. The van der Waals surface area contributed by atoms with Crippen molar-refractivity contribution in [3.63, 3.8) is 0 Å². The van der Waals surface area contributed by atoms with Crippen LogP contribution in [0.4, 0.5) is 0 Å². The van der Waals surface area contributed by atoms with Gasteiger partial charge in [-0.2, -0.15) is 0 Å². The maximum absolute atomic E-state index is 3.77.